The van der Waals surface area contributed by atoms with Gasteiger partial charge in [0.15, 0.2) is 0 Å². The summed E-state index contributed by atoms with van der Waals surface area (Å²) >= 11 is 7.40. The number of aromatic nitrogens is 4. The van der Waals surface area contributed by atoms with Gasteiger partial charge in [-0.25, -0.2) is 14.8 Å². The molecule has 13 heteroatoms. The maximum Gasteiger partial charge on any atom is 2.00 e. The molecule has 4 aromatic heterocycles. The van der Waals surface area contributed by atoms with Crippen molar-refractivity contribution in [3.8, 4) is 56.4 Å². The van der Waals surface area contributed by atoms with E-state index in [1.165, 1.54) is 45.3 Å². The summed E-state index contributed by atoms with van der Waals surface area (Å²) in [6.07, 6.45) is 11.7. The Hall–Kier alpha value is -10.9. The van der Waals surface area contributed by atoms with Gasteiger partial charge >= 0.3 is 25.4 Å². The number of carboxylic acids is 1. The number of isothiocyanates is 2. The number of carbonyl (C=O) groups is 1. The van der Waals surface area contributed by atoms with Crippen LogP contribution in [0.25, 0.3) is 91.5 Å². The molecule has 1 N–H and O–H groups in total. The average molecular weight is 1260 g/mol. The molecule has 12 rings (SSSR count). The topological polar surface area (TPSA) is 140 Å². The van der Waals surface area contributed by atoms with Gasteiger partial charge in [-0.05, 0) is 166 Å². The minimum absolute atomic E-state index is 0. The fourth-order valence-electron chi connectivity index (χ4n) is 9.79. The van der Waals surface area contributed by atoms with Crippen molar-refractivity contribution in [2.24, 2.45) is 0 Å². The Morgan fingerprint density at radius 2 is 0.670 bits per heavy atom. The molecule has 0 saturated carbocycles. The fraction of sp³-hybridized carbons (Fsp3) is 0. The summed E-state index contributed by atoms with van der Waals surface area (Å²) in [5.41, 5.74) is 18.6. The normalized spacial score (nSPS) is 10.5. The number of para-hydroxylation sites is 2. The van der Waals surface area contributed by atoms with Crippen LogP contribution in [0.4, 0.5) is 34.1 Å². The van der Waals surface area contributed by atoms with E-state index in [-0.39, 0.29) is 25.0 Å². The number of benzene rings is 8. The van der Waals surface area contributed by atoms with Gasteiger partial charge in [-0.1, -0.05) is 200 Å². The zero-order chi connectivity index (χ0) is 60.2. The van der Waals surface area contributed by atoms with Crippen molar-refractivity contribution < 1.29 is 29.4 Å². The third-order valence-corrected chi connectivity index (χ3v) is 13.9. The summed E-state index contributed by atoms with van der Waals surface area (Å²) < 4.78 is 0. The van der Waals surface area contributed by atoms with Gasteiger partial charge in [-0.3, -0.25) is 9.97 Å². The molecule has 12 aromatic rings. The van der Waals surface area contributed by atoms with Crippen LogP contribution >= 0.6 is 24.4 Å². The third-order valence-electron chi connectivity index (χ3n) is 13.9. The van der Waals surface area contributed by atoms with E-state index in [1.54, 1.807) is 6.20 Å². The zero-order valence-electron chi connectivity index (χ0n) is 47.0. The van der Waals surface area contributed by atoms with Crippen LogP contribution in [0, 0.1) is 0 Å². The Bertz CT molecular complexity index is 4380. The predicted octanol–water partition coefficient (Wildman–Crippen LogP) is 19.9. The van der Waals surface area contributed by atoms with Gasteiger partial charge in [0.1, 0.15) is 0 Å². The quantitative estimate of drug-likeness (QED) is 0.0565. The Balaban J connectivity index is 0.00000127. The summed E-state index contributed by atoms with van der Waals surface area (Å²) in [6, 6.07) is 92.9. The molecule has 4 heterocycles. The number of nitrogens with zero attached hydrogens (tertiary/aromatic N) is 8. The van der Waals surface area contributed by atoms with E-state index in [4.69, 9.17) is 25.8 Å². The minimum Gasteiger partial charge on any atom is -0.753 e. The molecule has 0 aliphatic rings. The molecular formula is C75H52N8O2RuS2. The average Bonchev–Trinajstić information content (AvgIpc) is 3.72. The van der Waals surface area contributed by atoms with Crippen LogP contribution in [0.5, 0.6) is 0 Å². The molecule has 0 bridgehead atoms. The number of rotatable bonds is 16. The molecule has 0 unspecified atom stereocenters. The third kappa shape index (κ3) is 15.9. The van der Waals surface area contributed by atoms with Crippen molar-refractivity contribution in [3.63, 3.8) is 0 Å². The van der Waals surface area contributed by atoms with Crippen molar-refractivity contribution in [2.75, 3.05) is 9.80 Å². The maximum absolute atomic E-state index is 11.9. The second kappa shape index (κ2) is 30.8. The SMILES string of the molecule is O=C(O)c1ccnc(-c2cccc(-c3cc(/C=C/c4ccc(N(c5ccccc5)c5ccc(-c6ccccc6)cc5)cc4)cc(-c4cc(/C=C/c5ccc(N(c6ccccc6)c6ccc(-c7ccccc7)cc6)cc5)ccn4)n3)n2)c1.[N-]=C=S.[N-]=C=S.[Ru+2]. The van der Waals surface area contributed by atoms with Gasteiger partial charge in [0.25, 0.3) is 0 Å². The molecule has 0 fully saturated rings. The van der Waals surface area contributed by atoms with Crippen LogP contribution in [0.2, 0.25) is 0 Å². The van der Waals surface area contributed by atoms with Crippen LogP contribution in [0.15, 0.2) is 285 Å². The molecule has 0 atom stereocenters. The number of aromatic carboxylic acids is 1. The second-order valence-electron chi connectivity index (χ2n) is 19.5. The number of pyridine rings is 4. The van der Waals surface area contributed by atoms with Gasteiger partial charge in [0.2, 0.25) is 0 Å². The molecule has 88 heavy (non-hydrogen) atoms. The van der Waals surface area contributed by atoms with E-state index in [2.05, 4.69) is 258 Å². The van der Waals surface area contributed by atoms with E-state index >= 15 is 0 Å². The summed E-state index contributed by atoms with van der Waals surface area (Å²) in [4.78, 5) is 35.9. The number of carboxylic acid groups (broad SMARTS) is 1. The van der Waals surface area contributed by atoms with E-state index < -0.39 is 5.97 Å². The summed E-state index contributed by atoms with van der Waals surface area (Å²) in [5.74, 6) is -1.04. The van der Waals surface area contributed by atoms with Crippen LogP contribution in [-0.2, 0) is 19.5 Å². The van der Waals surface area contributed by atoms with E-state index in [0.717, 1.165) is 61.9 Å². The number of hydrogen-bond acceptors (Lipinski definition) is 9. The molecule has 424 valence electrons. The predicted molar refractivity (Wildman–Crippen MR) is 364 cm³/mol. The van der Waals surface area contributed by atoms with Crippen LogP contribution < -0.4 is 9.80 Å². The van der Waals surface area contributed by atoms with Gasteiger partial charge in [0, 0.05) is 46.5 Å². The molecule has 0 spiro atoms. The number of hydrogen-bond donors (Lipinski definition) is 1. The zero-order valence-corrected chi connectivity index (χ0v) is 50.4. The molecule has 0 radical (unpaired) electrons. The minimum atomic E-state index is -1.04. The van der Waals surface area contributed by atoms with Crippen molar-refractivity contribution >= 4 is 99.2 Å². The number of anilines is 6. The van der Waals surface area contributed by atoms with Crippen molar-refractivity contribution in [2.45, 2.75) is 0 Å². The van der Waals surface area contributed by atoms with Gasteiger partial charge < -0.3 is 25.7 Å². The van der Waals surface area contributed by atoms with Crippen LogP contribution in [-0.4, -0.2) is 41.3 Å². The molecule has 8 aromatic carbocycles. The Kier molecular flexibility index (Phi) is 21.6. The second-order valence-corrected chi connectivity index (χ2v) is 19.9. The van der Waals surface area contributed by atoms with Gasteiger partial charge in [-0.2, -0.15) is 10.3 Å². The first-order valence-electron chi connectivity index (χ1n) is 27.5. The van der Waals surface area contributed by atoms with E-state index in [0.29, 0.717) is 34.2 Å². The molecule has 10 nitrogen and oxygen atoms in total. The first-order valence-corrected chi connectivity index (χ1v) is 28.3. The first-order chi connectivity index (χ1) is 42.8. The largest absolute Gasteiger partial charge is 2.00 e. The first kappa shape index (κ1) is 61.7. The molecular weight excluding hydrogens is 1210 g/mol. The van der Waals surface area contributed by atoms with Gasteiger partial charge in [0.05, 0.1) is 39.7 Å². The van der Waals surface area contributed by atoms with Crippen molar-refractivity contribution in [3.05, 3.63) is 324 Å². The molecule has 0 amide bonds. The molecule has 0 aliphatic heterocycles. The Labute approximate surface area is 535 Å². The Morgan fingerprint density at radius 3 is 1.11 bits per heavy atom. The fourth-order valence-corrected chi connectivity index (χ4v) is 9.79. The van der Waals surface area contributed by atoms with Crippen LogP contribution in [0.1, 0.15) is 32.6 Å². The van der Waals surface area contributed by atoms with Crippen LogP contribution in [0.3, 0.4) is 0 Å². The molecule has 0 aliphatic carbocycles. The van der Waals surface area contributed by atoms with Gasteiger partial charge in [-0.15, -0.1) is 0 Å². The summed E-state index contributed by atoms with van der Waals surface area (Å²) in [7, 11) is 0. The Morgan fingerprint density at radius 1 is 0.352 bits per heavy atom. The monoisotopic (exact) mass is 1260 g/mol. The van der Waals surface area contributed by atoms with E-state index in [9.17, 15) is 9.90 Å². The standard InChI is InChI=1S/C73H52N6O2.2CNS.Ru/c80-73(81)60-45-47-75-70(51-60)67-22-13-23-68(76-67)71-49-55(27-25-53-30-38-64(39-31-53)79(62-20-11-4-12-21-62)66-42-34-59(35-43-66)57-16-7-2-8-17-57)50-72(77-71)69-48-54(44-46-74-69)26-24-52-28-36-63(37-29-52)78(61-18-9-3-10-19-61)65-40-32-58(33-41-65)56-14-5-1-6-15-56;2*2-1-3;/h1-51H,(H,80,81);;;/q;2*-1;+2/b26-24+,27-25+;;;. The van der Waals surface area contributed by atoms with E-state index in [1.807, 2.05) is 66.7 Å². The molecule has 0 saturated heterocycles. The van der Waals surface area contributed by atoms with Crippen molar-refractivity contribution in [1.29, 1.82) is 0 Å². The summed E-state index contributed by atoms with van der Waals surface area (Å²) in [5, 5.41) is 26.7. The summed E-state index contributed by atoms with van der Waals surface area (Å²) in [6.45, 7) is 0. The number of thiocarbonyl (C=S) groups is 2. The smallest absolute Gasteiger partial charge is 0.753 e. The van der Waals surface area contributed by atoms with Crippen molar-refractivity contribution in [1.82, 2.24) is 19.9 Å². The maximum atomic E-state index is 11.9.